The molecule has 0 amide bonds. The maximum atomic E-state index is 12.4. The van der Waals surface area contributed by atoms with Gasteiger partial charge in [-0.1, -0.05) is 6.07 Å². The number of carbonyl (C=O) groups is 1. The van der Waals surface area contributed by atoms with Crippen LogP contribution in [0.2, 0.25) is 0 Å². The molecule has 2 aromatic carbocycles. The Hall–Kier alpha value is -2.44. The molecule has 0 spiro atoms. The first kappa shape index (κ1) is 24.6. The summed E-state index contributed by atoms with van der Waals surface area (Å²) in [5, 5.41) is 3.44. The quantitative estimate of drug-likeness (QED) is 0.425. The van der Waals surface area contributed by atoms with Gasteiger partial charge in [-0.25, -0.2) is 0 Å². The fraction of sp³-hybridized carbons (Fsp3) is 0.409. The number of carbonyl (C=O) groups excluding carboxylic acids is 1. The average Bonchev–Trinajstić information content (AvgIpc) is 2.75. The highest BCUT2D eigenvalue weighted by Gasteiger charge is 2.12. The highest BCUT2D eigenvalue weighted by Crippen LogP contribution is 2.30. The summed E-state index contributed by atoms with van der Waals surface area (Å²) in [6.45, 7) is 2.81. The van der Waals surface area contributed by atoms with Crippen LogP contribution in [0.4, 0.5) is 0 Å². The molecule has 1 N–H and O–H groups in total. The summed E-state index contributed by atoms with van der Waals surface area (Å²) in [6, 6.07) is 11.2. The SMILES string of the molecule is COc1ccc(C(=O)CCCNC(C)c2ccc(OC)c(OC)c2)cc1OC.Cl. The number of benzene rings is 2. The lowest BCUT2D eigenvalue weighted by Crippen LogP contribution is -2.20. The molecule has 0 bridgehead atoms. The van der Waals surface area contributed by atoms with Gasteiger partial charge in [0.1, 0.15) is 0 Å². The number of hydrogen-bond acceptors (Lipinski definition) is 6. The number of ether oxygens (including phenoxy) is 4. The minimum atomic E-state index is 0. The van der Waals surface area contributed by atoms with Crippen LogP contribution in [-0.4, -0.2) is 40.8 Å². The van der Waals surface area contributed by atoms with Gasteiger partial charge in [0.2, 0.25) is 0 Å². The number of Topliss-reactive ketones (excluding diaryl/α,β-unsaturated/α-hetero) is 1. The maximum absolute atomic E-state index is 12.4. The second-order valence-corrected chi connectivity index (χ2v) is 6.39. The first-order chi connectivity index (χ1) is 13.5. The third-order valence-electron chi connectivity index (χ3n) is 4.64. The molecular formula is C22H30ClNO5. The Kier molecular flexibility index (Phi) is 10.3. The molecule has 0 radical (unpaired) electrons. The van der Waals surface area contributed by atoms with E-state index in [-0.39, 0.29) is 24.2 Å². The fourth-order valence-electron chi connectivity index (χ4n) is 2.96. The van der Waals surface area contributed by atoms with Gasteiger partial charge in [-0.2, -0.15) is 0 Å². The lowest BCUT2D eigenvalue weighted by atomic mass is 10.0. The molecule has 2 aromatic rings. The van der Waals surface area contributed by atoms with E-state index in [9.17, 15) is 4.79 Å². The molecule has 160 valence electrons. The van der Waals surface area contributed by atoms with Gasteiger partial charge < -0.3 is 24.3 Å². The van der Waals surface area contributed by atoms with E-state index in [1.54, 1.807) is 46.6 Å². The second kappa shape index (κ2) is 12.2. The van der Waals surface area contributed by atoms with Gasteiger partial charge >= 0.3 is 0 Å². The molecule has 0 aromatic heterocycles. The molecule has 1 atom stereocenters. The molecule has 7 heteroatoms. The molecule has 0 aliphatic heterocycles. The van der Waals surface area contributed by atoms with Gasteiger partial charge in [-0.15, -0.1) is 12.4 Å². The number of rotatable bonds is 11. The van der Waals surface area contributed by atoms with E-state index in [0.29, 0.717) is 35.0 Å². The molecule has 0 fully saturated rings. The van der Waals surface area contributed by atoms with Crippen molar-refractivity contribution in [3.8, 4) is 23.0 Å². The van der Waals surface area contributed by atoms with Gasteiger partial charge in [0.05, 0.1) is 28.4 Å². The van der Waals surface area contributed by atoms with Crippen molar-refractivity contribution < 1.29 is 23.7 Å². The molecule has 29 heavy (non-hydrogen) atoms. The number of ketones is 1. The number of methoxy groups -OCH3 is 4. The van der Waals surface area contributed by atoms with Crippen molar-refractivity contribution in [3.05, 3.63) is 47.5 Å². The molecule has 0 saturated heterocycles. The van der Waals surface area contributed by atoms with Crippen molar-refractivity contribution in [1.82, 2.24) is 5.32 Å². The third-order valence-corrected chi connectivity index (χ3v) is 4.64. The molecular weight excluding hydrogens is 394 g/mol. The van der Waals surface area contributed by atoms with Gasteiger partial charge in [-0.05, 0) is 55.8 Å². The lowest BCUT2D eigenvalue weighted by Gasteiger charge is -2.16. The molecule has 0 aliphatic carbocycles. The van der Waals surface area contributed by atoms with Gasteiger partial charge in [0.15, 0.2) is 28.8 Å². The van der Waals surface area contributed by atoms with E-state index in [0.717, 1.165) is 18.5 Å². The van der Waals surface area contributed by atoms with E-state index in [4.69, 9.17) is 18.9 Å². The fourth-order valence-corrected chi connectivity index (χ4v) is 2.96. The van der Waals surface area contributed by atoms with E-state index in [2.05, 4.69) is 12.2 Å². The van der Waals surface area contributed by atoms with Crippen LogP contribution in [0.1, 0.15) is 41.7 Å². The van der Waals surface area contributed by atoms with Crippen LogP contribution in [0.15, 0.2) is 36.4 Å². The highest BCUT2D eigenvalue weighted by atomic mass is 35.5. The molecule has 1 unspecified atom stereocenters. The standard InChI is InChI=1S/C22H29NO5.ClH/c1-15(16-8-10-19(25-2)21(13-16)27-4)23-12-6-7-18(24)17-9-11-20(26-3)22(14-17)28-5;/h8-11,13-15,23H,6-7,12H2,1-5H3;1H. The summed E-state index contributed by atoms with van der Waals surface area (Å²) >= 11 is 0. The van der Waals surface area contributed by atoms with Gasteiger partial charge in [0.25, 0.3) is 0 Å². The smallest absolute Gasteiger partial charge is 0.163 e. The van der Waals surface area contributed by atoms with E-state index in [1.807, 2.05) is 18.2 Å². The zero-order valence-corrected chi connectivity index (χ0v) is 18.4. The maximum Gasteiger partial charge on any atom is 0.163 e. The second-order valence-electron chi connectivity index (χ2n) is 6.39. The minimum Gasteiger partial charge on any atom is -0.493 e. The topological polar surface area (TPSA) is 66.0 Å². The van der Waals surface area contributed by atoms with E-state index in [1.165, 1.54) is 0 Å². The van der Waals surface area contributed by atoms with Crippen molar-refractivity contribution in [2.45, 2.75) is 25.8 Å². The Morgan fingerprint density at radius 1 is 0.862 bits per heavy atom. The van der Waals surface area contributed by atoms with Crippen LogP contribution in [0.5, 0.6) is 23.0 Å². The van der Waals surface area contributed by atoms with Crippen molar-refractivity contribution >= 4 is 18.2 Å². The predicted molar refractivity (Wildman–Crippen MR) is 116 cm³/mol. The summed E-state index contributed by atoms with van der Waals surface area (Å²) in [5.74, 6) is 2.68. The Bertz CT molecular complexity index is 797. The Morgan fingerprint density at radius 3 is 2.00 bits per heavy atom. The monoisotopic (exact) mass is 423 g/mol. The normalized spacial score (nSPS) is 11.2. The third kappa shape index (κ3) is 6.54. The Morgan fingerprint density at radius 2 is 1.41 bits per heavy atom. The van der Waals surface area contributed by atoms with Crippen LogP contribution in [0.3, 0.4) is 0 Å². The number of hydrogen-bond donors (Lipinski definition) is 1. The van der Waals surface area contributed by atoms with E-state index < -0.39 is 0 Å². The van der Waals surface area contributed by atoms with Crippen molar-refractivity contribution in [3.63, 3.8) is 0 Å². The molecule has 0 aliphatic rings. The van der Waals surface area contributed by atoms with Crippen LogP contribution in [0.25, 0.3) is 0 Å². The summed E-state index contributed by atoms with van der Waals surface area (Å²) in [7, 11) is 6.38. The highest BCUT2D eigenvalue weighted by molar-refractivity contribution is 5.96. The first-order valence-electron chi connectivity index (χ1n) is 9.24. The zero-order chi connectivity index (χ0) is 20.5. The summed E-state index contributed by atoms with van der Waals surface area (Å²) < 4.78 is 21.1. The summed E-state index contributed by atoms with van der Waals surface area (Å²) in [4.78, 5) is 12.4. The molecule has 0 saturated carbocycles. The first-order valence-corrected chi connectivity index (χ1v) is 9.24. The van der Waals surface area contributed by atoms with Crippen LogP contribution in [0, 0.1) is 0 Å². The molecule has 6 nitrogen and oxygen atoms in total. The van der Waals surface area contributed by atoms with Crippen LogP contribution < -0.4 is 24.3 Å². The number of halogens is 1. The number of nitrogens with one attached hydrogen (secondary N) is 1. The zero-order valence-electron chi connectivity index (χ0n) is 17.6. The Labute approximate surface area is 178 Å². The van der Waals surface area contributed by atoms with Gasteiger partial charge in [-0.3, -0.25) is 4.79 Å². The van der Waals surface area contributed by atoms with E-state index >= 15 is 0 Å². The molecule has 2 rings (SSSR count). The van der Waals surface area contributed by atoms with Crippen LogP contribution >= 0.6 is 12.4 Å². The Balaban J connectivity index is 0.00000420. The average molecular weight is 424 g/mol. The summed E-state index contributed by atoms with van der Waals surface area (Å²) in [5.41, 5.74) is 1.73. The van der Waals surface area contributed by atoms with Crippen molar-refractivity contribution in [2.24, 2.45) is 0 Å². The van der Waals surface area contributed by atoms with Crippen LogP contribution in [-0.2, 0) is 0 Å². The largest absolute Gasteiger partial charge is 0.493 e. The lowest BCUT2D eigenvalue weighted by molar-refractivity contribution is 0.0979. The molecule has 0 heterocycles. The predicted octanol–water partition coefficient (Wildman–Crippen LogP) is 4.46. The van der Waals surface area contributed by atoms with Gasteiger partial charge in [0, 0.05) is 18.0 Å². The minimum absolute atomic E-state index is 0. The van der Waals surface area contributed by atoms with Crippen molar-refractivity contribution in [1.29, 1.82) is 0 Å². The summed E-state index contributed by atoms with van der Waals surface area (Å²) in [6.07, 6.45) is 1.20. The van der Waals surface area contributed by atoms with Crippen molar-refractivity contribution in [2.75, 3.05) is 35.0 Å².